The van der Waals surface area contributed by atoms with Gasteiger partial charge in [0, 0.05) is 48.2 Å². The average Bonchev–Trinajstić information content (AvgIpc) is 3.15. The smallest absolute Gasteiger partial charge is 0.271 e. The number of aryl methyl sites for hydroxylation is 2. The third-order valence-electron chi connectivity index (χ3n) is 4.86. The highest BCUT2D eigenvalue weighted by atomic mass is 16.2. The number of aromatic nitrogens is 4. The molecule has 7 nitrogen and oxygen atoms in total. The van der Waals surface area contributed by atoms with Crippen LogP contribution in [0.3, 0.4) is 0 Å². The van der Waals surface area contributed by atoms with Crippen molar-refractivity contribution in [1.29, 1.82) is 0 Å². The molecule has 0 saturated heterocycles. The maximum Gasteiger partial charge on any atom is 0.271 e. The number of nitrogens with zero attached hydrogens (tertiary/aromatic N) is 4. The lowest BCUT2D eigenvalue weighted by Crippen LogP contribution is -2.23. The number of Topliss-reactive ketones (excluding diaryl/α,β-unsaturated/α-hetero) is 1. The highest BCUT2D eigenvalue weighted by Gasteiger charge is 2.12. The summed E-state index contributed by atoms with van der Waals surface area (Å²) in [4.78, 5) is 37.2. The lowest BCUT2D eigenvalue weighted by Gasteiger charge is -2.09. The zero-order valence-corrected chi connectivity index (χ0v) is 17.0. The molecule has 0 aromatic carbocycles. The third-order valence-corrected chi connectivity index (χ3v) is 4.86. The van der Waals surface area contributed by atoms with Crippen LogP contribution in [0.2, 0.25) is 0 Å². The molecule has 4 heterocycles. The molecule has 0 aliphatic carbocycles. The van der Waals surface area contributed by atoms with E-state index in [1.807, 2.05) is 32.0 Å². The number of nitrogens with one attached hydrogen (secondary N) is 1. The zero-order chi connectivity index (χ0) is 21.3. The van der Waals surface area contributed by atoms with E-state index >= 15 is 0 Å². The summed E-state index contributed by atoms with van der Waals surface area (Å²) in [6.07, 6.45) is 6.91. The van der Waals surface area contributed by atoms with E-state index in [2.05, 4.69) is 20.3 Å². The molecule has 1 N–H and O–H groups in total. The highest BCUT2D eigenvalue weighted by Crippen LogP contribution is 2.21. The first-order chi connectivity index (χ1) is 14.4. The number of pyridine rings is 3. The average molecular weight is 399 g/mol. The van der Waals surface area contributed by atoms with Gasteiger partial charge in [-0.05, 0) is 56.2 Å². The second-order valence-electron chi connectivity index (χ2n) is 7.24. The van der Waals surface area contributed by atoms with Gasteiger partial charge in [0.1, 0.15) is 11.3 Å². The van der Waals surface area contributed by atoms with Gasteiger partial charge in [0.2, 0.25) is 0 Å². The van der Waals surface area contributed by atoms with Crippen molar-refractivity contribution < 1.29 is 9.59 Å². The molecule has 0 saturated carbocycles. The number of hydrogen-bond donors (Lipinski definition) is 1. The number of carbonyl (C=O) groups is 2. The molecule has 4 rings (SSSR count). The Labute approximate surface area is 173 Å². The normalized spacial score (nSPS) is 10.9. The Hall–Kier alpha value is -3.87. The van der Waals surface area contributed by atoms with E-state index in [9.17, 15) is 9.59 Å². The third kappa shape index (κ3) is 3.96. The van der Waals surface area contributed by atoms with Crippen LogP contribution in [0.15, 0.2) is 55.1 Å². The van der Waals surface area contributed by atoms with Crippen LogP contribution in [-0.4, -0.2) is 31.0 Å². The van der Waals surface area contributed by atoms with Crippen LogP contribution in [-0.2, 0) is 6.54 Å². The van der Waals surface area contributed by atoms with Crippen LogP contribution >= 0.6 is 0 Å². The number of rotatable bonds is 5. The monoisotopic (exact) mass is 399 g/mol. The van der Waals surface area contributed by atoms with Gasteiger partial charge in [0.05, 0.1) is 5.69 Å². The first-order valence-electron chi connectivity index (χ1n) is 9.57. The fourth-order valence-corrected chi connectivity index (χ4v) is 3.31. The molecule has 0 atom stereocenters. The van der Waals surface area contributed by atoms with E-state index < -0.39 is 0 Å². The van der Waals surface area contributed by atoms with Crippen LogP contribution in [0, 0.1) is 13.8 Å². The minimum absolute atomic E-state index is 0.0419. The van der Waals surface area contributed by atoms with Crippen molar-refractivity contribution >= 4 is 17.3 Å². The van der Waals surface area contributed by atoms with Crippen molar-refractivity contribution in [2.75, 3.05) is 0 Å². The van der Waals surface area contributed by atoms with Gasteiger partial charge >= 0.3 is 0 Å². The topological polar surface area (TPSA) is 89.2 Å². The van der Waals surface area contributed by atoms with Crippen LogP contribution in [0.4, 0.5) is 0 Å². The van der Waals surface area contributed by atoms with Gasteiger partial charge in [-0.25, -0.2) is 4.98 Å². The van der Waals surface area contributed by atoms with Gasteiger partial charge in [-0.15, -0.1) is 0 Å². The Morgan fingerprint density at radius 2 is 1.93 bits per heavy atom. The van der Waals surface area contributed by atoms with Crippen molar-refractivity contribution in [1.82, 2.24) is 24.7 Å². The Bertz CT molecular complexity index is 1280. The molecule has 7 heteroatoms. The van der Waals surface area contributed by atoms with Crippen molar-refractivity contribution in [2.24, 2.45) is 0 Å². The largest absolute Gasteiger partial charge is 0.347 e. The summed E-state index contributed by atoms with van der Waals surface area (Å²) >= 11 is 0. The summed E-state index contributed by atoms with van der Waals surface area (Å²) in [5.41, 5.74) is 6.20. The van der Waals surface area contributed by atoms with Crippen molar-refractivity contribution in [3.63, 3.8) is 0 Å². The van der Waals surface area contributed by atoms with Crippen LogP contribution in [0.5, 0.6) is 0 Å². The molecule has 30 heavy (non-hydrogen) atoms. The molecule has 1 amide bonds. The fourth-order valence-electron chi connectivity index (χ4n) is 3.31. The number of imidazole rings is 1. The Kier molecular flexibility index (Phi) is 5.10. The SMILES string of the molecule is CC(=O)c1ccn2cc(C(=O)NCc3cnc(-c4ccnc(C)c4)c(C)c3)nc2c1. The van der Waals surface area contributed by atoms with Gasteiger partial charge in [0.25, 0.3) is 5.91 Å². The summed E-state index contributed by atoms with van der Waals surface area (Å²) in [6.45, 7) is 5.79. The first-order valence-corrected chi connectivity index (χ1v) is 9.57. The molecule has 0 unspecified atom stereocenters. The molecule has 0 bridgehead atoms. The summed E-state index contributed by atoms with van der Waals surface area (Å²) in [5.74, 6) is -0.325. The van der Waals surface area contributed by atoms with Crippen LogP contribution in [0.25, 0.3) is 16.9 Å². The molecule has 0 fully saturated rings. The van der Waals surface area contributed by atoms with Gasteiger partial charge < -0.3 is 9.72 Å². The Balaban J connectivity index is 1.48. The summed E-state index contributed by atoms with van der Waals surface area (Å²) in [5, 5.41) is 2.88. The van der Waals surface area contributed by atoms with E-state index in [0.29, 0.717) is 23.4 Å². The molecule has 0 aliphatic rings. The molecular weight excluding hydrogens is 378 g/mol. The number of hydrogen-bond acceptors (Lipinski definition) is 5. The van der Waals surface area contributed by atoms with E-state index in [1.54, 1.807) is 41.3 Å². The molecular formula is C23H21N5O2. The fraction of sp³-hybridized carbons (Fsp3) is 0.174. The molecule has 0 radical (unpaired) electrons. The maximum absolute atomic E-state index is 12.5. The second-order valence-corrected chi connectivity index (χ2v) is 7.24. The number of carbonyl (C=O) groups excluding carboxylic acids is 2. The van der Waals surface area contributed by atoms with Gasteiger partial charge in [-0.1, -0.05) is 6.07 Å². The standard InChI is InChI=1S/C23H21N5O2/c1-14-8-17(11-25-22(14)19-4-6-24-15(2)9-19)12-26-23(30)20-13-28-7-5-18(16(3)29)10-21(28)27-20/h4-11,13H,12H2,1-3H3,(H,26,30). The quantitative estimate of drug-likeness (QED) is 0.519. The van der Waals surface area contributed by atoms with E-state index in [0.717, 1.165) is 28.1 Å². The molecule has 0 spiro atoms. The van der Waals surface area contributed by atoms with Gasteiger partial charge in [-0.3, -0.25) is 19.6 Å². The number of amides is 1. The molecule has 4 aromatic rings. The van der Waals surface area contributed by atoms with E-state index in [1.165, 1.54) is 6.92 Å². The Morgan fingerprint density at radius 3 is 2.67 bits per heavy atom. The highest BCUT2D eigenvalue weighted by molar-refractivity contribution is 5.96. The summed E-state index contributed by atoms with van der Waals surface area (Å²) in [7, 11) is 0. The van der Waals surface area contributed by atoms with Crippen molar-refractivity contribution in [3.8, 4) is 11.3 Å². The molecule has 150 valence electrons. The lowest BCUT2D eigenvalue weighted by molar-refractivity contribution is 0.0945. The van der Waals surface area contributed by atoms with Gasteiger partial charge in [-0.2, -0.15) is 0 Å². The lowest BCUT2D eigenvalue weighted by atomic mass is 10.1. The molecule has 0 aliphatic heterocycles. The van der Waals surface area contributed by atoms with E-state index in [4.69, 9.17) is 0 Å². The van der Waals surface area contributed by atoms with Crippen LogP contribution < -0.4 is 5.32 Å². The van der Waals surface area contributed by atoms with Crippen molar-refractivity contribution in [2.45, 2.75) is 27.3 Å². The maximum atomic E-state index is 12.5. The minimum atomic E-state index is -0.283. The molecule has 4 aromatic heterocycles. The first kappa shape index (κ1) is 19.4. The minimum Gasteiger partial charge on any atom is -0.347 e. The second kappa shape index (κ2) is 7.87. The van der Waals surface area contributed by atoms with E-state index in [-0.39, 0.29) is 11.7 Å². The number of fused-ring (bicyclic) bond motifs is 1. The summed E-state index contributed by atoms with van der Waals surface area (Å²) < 4.78 is 1.72. The predicted molar refractivity (Wildman–Crippen MR) is 113 cm³/mol. The summed E-state index contributed by atoms with van der Waals surface area (Å²) in [6, 6.07) is 9.33. The zero-order valence-electron chi connectivity index (χ0n) is 17.0. The predicted octanol–water partition coefficient (Wildman–Crippen LogP) is 3.54. The van der Waals surface area contributed by atoms with Crippen LogP contribution in [0.1, 0.15) is 44.6 Å². The van der Waals surface area contributed by atoms with Gasteiger partial charge in [0.15, 0.2) is 5.78 Å². The number of ketones is 1. The van der Waals surface area contributed by atoms with Crippen molar-refractivity contribution in [3.05, 3.63) is 83.2 Å². The Morgan fingerprint density at radius 1 is 1.10 bits per heavy atom.